The molecule has 2 aromatic rings. The lowest BCUT2D eigenvalue weighted by Gasteiger charge is -2.06. The van der Waals surface area contributed by atoms with Crippen LogP contribution in [0.1, 0.15) is 18.1 Å². The van der Waals surface area contributed by atoms with Crippen LogP contribution in [0, 0.1) is 0 Å². The van der Waals surface area contributed by atoms with Gasteiger partial charge in [0.15, 0.2) is 5.82 Å². The monoisotopic (exact) mass is 315 g/mol. The maximum Gasteiger partial charge on any atom is 0.417 e. The lowest BCUT2D eigenvalue weighted by Crippen LogP contribution is -2.07. The van der Waals surface area contributed by atoms with Gasteiger partial charge < -0.3 is 9.84 Å². The van der Waals surface area contributed by atoms with E-state index in [0.29, 0.717) is 11.8 Å². The molecule has 0 spiro atoms. The molecular weight excluding hydrogens is 303 g/mol. The zero-order valence-corrected chi connectivity index (χ0v) is 11.5. The summed E-state index contributed by atoms with van der Waals surface area (Å²) in [5.41, 5.74) is -0.560. The molecule has 2 heterocycles. The third kappa shape index (κ3) is 3.54. The van der Waals surface area contributed by atoms with E-state index < -0.39 is 17.7 Å². The van der Waals surface area contributed by atoms with E-state index >= 15 is 0 Å². The predicted molar refractivity (Wildman–Crippen MR) is 68.9 cm³/mol. The van der Waals surface area contributed by atoms with E-state index in [4.69, 9.17) is 9.84 Å². The molecule has 2 aromatic heterocycles. The number of aromatic nitrogens is 3. The molecule has 22 heavy (non-hydrogen) atoms. The van der Waals surface area contributed by atoms with Crippen LogP contribution in [-0.4, -0.2) is 32.4 Å². The normalized spacial score (nSPS) is 11.5. The van der Waals surface area contributed by atoms with E-state index in [9.17, 15) is 18.0 Å². The van der Waals surface area contributed by atoms with Crippen LogP contribution >= 0.6 is 0 Å². The third-order valence-electron chi connectivity index (χ3n) is 2.68. The number of carboxylic acids is 1. The van der Waals surface area contributed by atoms with Crippen molar-refractivity contribution in [2.45, 2.75) is 19.5 Å². The molecule has 0 aromatic carbocycles. The molecule has 0 saturated carbocycles. The van der Waals surface area contributed by atoms with E-state index in [0.717, 1.165) is 12.1 Å². The minimum atomic E-state index is -4.47. The van der Waals surface area contributed by atoms with Gasteiger partial charge in [0.2, 0.25) is 5.88 Å². The van der Waals surface area contributed by atoms with Gasteiger partial charge in [0.1, 0.15) is 0 Å². The minimum Gasteiger partial charge on any atom is -0.481 e. The second kappa shape index (κ2) is 6.04. The molecule has 9 heteroatoms. The summed E-state index contributed by atoms with van der Waals surface area (Å²) >= 11 is 0. The number of carboxylic acid groups (broad SMARTS) is 1. The average Bonchev–Trinajstić information content (AvgIpc) is 2.81. The van der Waals surface area contributed by atoms with Crippen LogP contribution in [0.15, 0.2) is 24.5 Å². The number of nitrogens with zero attached hydrogens (tertiary/aromatic N) is 3. The molecule has 0 aliphatic carbocycles. The lowest BCUT2D eigenvalue weighted by molar-refractivity contribution is -0.138. The zero-order chi connectivity index (χ0) is 16.3. The maximum absolute atomic E-state index is 12.5. The topological polar surface area (TPSA) is 77.2 Å². The molecule has 0 aliphatic rings. The van der Waals surface area contributed by atoms with Crippen LogP contribution in [0.25, 0.3) is 5.82 Å². The molecular formula is C13H12F3N3O3. The Morgan fingerprint density at radius 1 is 1.41 bits per heavy atom. The highest BCUT2D eigenvalue weighted by molar-refractivity contribution is 5.70. The van der Waals surface area contributed by atoms with Crippen molar-refractivity contribution in [1.29, 1.82) is 0 Å². The van der Waals surface area contributed by atoms with Crippen LogP contribution in [-0.2, 0) is 17.4 Å². The van der Waals surface area contributed by atoms with Gasteiger partial charge in [-0.1, -0.05) is 0 Å². The van der Waals surface area contributed by atoms with Crippen LogP contribution in [0.2, 0.25) is 0 Å². The first kappa shape index (κ1) is 15.8. The van der Waals surface area contributed by atoms with Gasteiger partial charge in [-0.05, 0) is 19.1 Å². The van der Waals surface area contributed by atoms with Gasteiger partial charge in [-0.15, -0.1) is 5.10 Å². The van der Waals surface area contributed by atoms with Gasteiger partial charge >= 0.3 is 12.1 Å². The molecule has 0 fully saturated rings. The Morgan fingerprint density at radius 3 is 2.64 bits per heavy atom. The van der Waals surface area contributed by atoms with E-state index in [1.165, 1.54) is 10.9 Å². The molecule has 0 bridgehead atoms. The fourth-order valence-corrected chi connectivity index (χ4v) is 1.74. The number of alkyl halides is 3. The Bertz CT molecular complexity index is 665. The Morgan fingerprint density at radius 2 is 2.14 bits per heavy atom. The van der Waals surface area contributed by atoms with Gasteiger partial charge in [0.25, 0.3) is 0 Å². The van der Waals surface area contributed by atoms with Crippen molar-refractivity contribution in [1.82, 2.24) is 14.8 Å². The average molecular weight is 315 g/mol. The summed E-state index contributed by atoms with van der Waals surface area (Å²) < 4.78 is 43.9. The summed E-state index contributed by atoms with van der Waals surface area (Å²) in [4.78, 5) is 14.5. The van der Waals surface area contributed by atoms with Crippen molar-refractivity contribution in [3.8, 4) is 11.7 Å². The number of rotatable bonds is 5. The van der Waals surface area contributed by atoms with Gasteiger partial charge in [-0.2, -0.15) is 13.2 Å². The summed E-state index contributed by atoms with van der Waals surface area (Å²) in [5, 5.41) is 12.8. The van der Waals surface area contributed by atoms with Crippen LogP contribution in [0.4, 0.5) is 13.2 Å². The van der Waals surface area contributed by atoms with Gasteiger partial charge in [0, 0.05) is 18.0 Å². The fraction of sp³-hybridized carbons (Fsp3) is 0.308. The van der Waals surface area contributed by atoms with Crippen molar-refractivity contribution in [2.24, 2.45) is 0 Å². The molecule has 0 amide bonds. The number of hydrogen-bond acceptors (Lipinski definition) is 4. The van der Waals surface area contributed by atoms with Crippen molar-refractivity contribution in [2.75, 3.05) is 6.61 Å². The van der Waals surface area contributed by atoms with Gasteiger partial charge in [-0.25, -0.2) is 9.67 Å². The minimum absolute atomic E-state index is 0.117. The molecule has 2 rings (SSSR count). The standard InChI is InChI=1S/C13H12F3N3O3/c1-2-22-12-8(5-11(20)21)7-19(18-12)10-4-3-9(6-17-10)13(14,15)16/h3-4,6-7H,2,5H2,1H3,(H,20,21). The second-order valence-corrected chi connectivity index (χ2v) is 4.31. The van der Waals surface area contributed by atoms with Crippen molar-refractivity contribution >= 4 is 5.97 Å². The number of halogens is 3. The van der Waals surface area contributed by atoms with Gasteiger partial charge in [-0.3, -0.25) is 4.79 Å². The molecule has 118 valence electrons. The van der Waals surface area contributed by atoms with Crippen LogP contribution in [0.3, 0.4) is 0 Å². The Hall–Kier alpha value is -2.58. The number of carbonyl (C=O) groups is 1. The third-order valence-corrected chi connectivity index (χ3v) is 2.68. The van der Waals surface area contributed by atoms with Crippen molar-refractivity contribution in [3.05, 3.63) is 35.7 Å². The number of ether oxygens (including phenoxy) is 1. The van der Waals surface area contributed by atoms with E-state index in [1.807, 2.05) is 0 Å². The van der Waals surface area contributed by atoms with E-state index in [1.54, 1.807) is 6.92 Å². The Kier molecular flexibility index (Phi) is 4.34. The van der Waals surface area contributed by atoms with Gasteiger partial charge in [0.05, 0.1) is 18.6 Å². The number of pyridine rings is 1. The molecule has 0 aliphatic heterocycles. The van der Waals surface area contributed by atoms with E-state index in [2.05, 4.69) is 10.1 Å². The SMILES string of the molecule is CCOc1nn(-c2ccc(C(F)(F)F)cn2)cc1CC(=O)O. The van der Waals surface area contributed by atoms with E-state index in [-0.39, 0.29) is 24.7 Å². The first-order valence-electron chi connectivity index (χ1n) is 6.28. The molecule has 6 nitrogen and oxygen atoms in total. The zero-order valence-electron chi connectivity index (χ0n) is 11.5. The quantitative estimate of drug-likeness (QED) is 0.916. The largest absolute Gasteiger partial charge is 0.481 e. The summed E-state index contributed by atoms with van der Waals surface area (Å²) in [7, 11) is 0. The van der Waals surface area contributed by atoms with Crippen molar-refractivity contribution in [3.63, 3.8) is 0 Å². The summed E-state index contributed by atoms with van der Waals surface area (Å²) in [5.74, 6) is -0.821. The molecule has 0 atom stereocenters. The highest BCUT2D eigenvalue weighted by Crippen LogP contribution is 2.29. The van der Waals surface area contributed by atoms with Crippen LogP contribution in [0.5, 0.6) is 5.88 Å². The summed E-state index contributed by atoms with van der Waals surface area (Å²) in [6.07, 6.45) is -2.72. The predicted octanol–water partition coefficient (Wildman–Crippen LogP) is 2.31. The maximum atomic E-state index is 12.5. The lowest BCUT2D eigenvalue weighted by atomic mass is 10.2. The molecule has 1 N–H and O–H groups in total. The molecule has 0 saturated heterocycles. The number of aliphatic carboxylic acids is 1. The molecule has 0 unspecified atom stereocenters. The Balaban J connectivity index is 2.34. The summed E-state index contributed by atoms with van der Waals surface area (Å²) in [6.45, 7) is 1.99. The molecule has 0 radical (unpaired) electrons. The number of hydrogen-bond donors (Lipinski definition) is 1. The fourth-order valence-electron chi connectivity index (χ4n) is 1.74. The highest BCUT2D eigenvalue weighted by Gasteiger charge is 2.30. The van der Waals surface area contributed by atoms with Crippen molar-refractivity contribution < 1.29 is 27.8 Å². The first-order chi connectivity index (χ1) is 10.3. The second-order valence-electron chi connectivity index (χ2n) is 4.31. The smallest absolute Gasteiger partial charge is 0.417 e. The first-order valence-corrected chi connectivity index (χ1v) is 6.28. The van der Waals surface area contributed by atoms with Crippen LogP contribution < -0.4 is 4.74 Å². The summed E-state index contributed by atoms with van der Waals surface area (Å²) in [6, 6.07) is 2.03. The highest BCUT2D eigenvalue weighted by atomic mass is 19.4. The Labute approximate surface area is 123 Å².